The molecule has 0 unspecified atom stereocenters. The summed E-state index contributed by atoms with van der Waals surface area (Å²) in [6.07, 6.45) is 8.79. The zero-order valence-electron chi connectivity index (χ0n) is 12.2. The van der Waals surface area contributed by atoms with Gasteiger partial charge in [-0.05, 0) is 36.4 Å². The van der Waals surface area contributed by atoms with E-state index in [0.29, 0.717) is 5.69 Å². The third-order valence-corrected chi connectivity index (χ3v) is 4.58. The summed E-state index contributed by atoms with van der Waals surface area (Å²) in [5, 5.41) is 0. The van der Waals surface area contributed by atoms with Crippen molar-refractivity contribution in [1.29, 1.82) is 0 Å². The maximum absolute atomic E-state index is 12.4. The predicted molar refractivity (Wildman–Crippen MR) is 92.9 cm³/mol. The van der Waals surface area contributed by atoms with Crippen LogP contribution >= 0.6 is 0 Å². The van der Waals surface area contributed by atoms with Crippen molar-refractivity contribution in [3.63, 3.8) is 0 Å². The fourth-order valence-corrected chi connectivity index (χ4v) is 3.18. The number of hydrogen-bond acceptors (Lipinski definition) is 4. The van der Waals surface area contributed by atoms with Crippen LogP contribution < -0.4 is 9.62 Å². The molecule has 0 bridgehead atoms. The zero-order valence-corrected chi connectivity index (χ0v) is 13.0. The molecule has 1 aliphatic heterocycles. The Morgan fingerprint density at radius 2 is 1.78 bits per heavy atom. The molecule has 0 saturated heterocycles. The lowest BCUT2D eigenvalue weighted by molar-refractivity contribution is 0.601. The Bertz CT molecular complexity index is 856. The van der Waals surface area contributed by atoms with Gasteiger partial charge in [0.05, 0.1) is 10.6 Å². The Morgan fingerprint density at radius 3 is 2.61 bits per heavy atom. The van der Waals surface area contributed by atoms with Gasteiger partial charge in [-0.25, -0.2) is 8.42 Å². The van der Waals surface area contributed by atoms with Gasteiger partial charge in [-0.2, -0.15) is 0 Å². The topological polar surface area (TPSA) is 61.8 Å². The summed E-state index contributed by atoms with van der Waals surface area (Å²) in [7, 11) is -3.60. The SMILES string of the molecule is O=S(=O)(Nc1cccc(N2C=CC=NC=C2)c1)c1ccccc1. The first-order valence-electron chi connectivity index (χ1n) is 6.98. The molecule has 116 valence electrons. The number of aliphatic imine (C=N–C) groups is 1. The molecule has 0 amide bonds. The minimum Gasteiger partial charge on any atom is -0.322 e. The Labute approximate surface area is 135 Å². The average molecular weight is 325 g/mol. The summed E-state index contributed by atoms with van der Waals surface area (Å²) >= 11 is 0. The molecule has 0 fully saturated rings. The summed E-state index contributed by atoms with van der Waals surface area (Å²) in [4.78, 5) is 6.11. The first-order valence-corrected chi connectivity index (χ1v) is 8.46. The molecule has 3 rings (SSSR count). The van der Waals surface area contributed by atoms with Gasteiger partial charge in [0, 0.05) is 30.5 Å². The first-order chi connectivity index (χ1) is 11.1. The van der Waals surface area contributed by atoms with Gasteiger partial charge < -0.3 is 4.90 Å². The van der Waals surface area contributed by atoms with Crippen molar-refractivity contribution in [3.05, 3.63) is 79.3 Å². The fraction of sp³-hybridized carbons (Fsp3) is 0. The van der Waals surface area contributed by atoms with Gasteiger partial charge in [0.2, 0.25) is 0 Å². The fourth-order valence-electron chi connectivity index (χ4n) is 2.11. The van der Waals surface area contributed by atoms with Crippen LogP contribution in [0.5, 0.6) is 0 Å². The number of allylic oxidation sites excluding steroid dienone is 1. The number of hydrogen-bond donors (Lipinski definition) is 1. The monoisotopic (exact) mass is 325 g/mol. The normalized spacial score (nSPS) is 13.8. The van der Waals surface area contributed by atoms with Crippen LogP contribution in [0.4, 0.5) is 11.4 Å². The summed E-state index contributed by atoms with van der Waals surface area (Å²) in [5.41, 5.74) is 1.33. The lowest BCUT2D eigenvalue weighted by Crippen LogP contribution is -2.13. The minimum absolute atomic E-state index is 0.230. The van der Waals surface area contributed by atoms with Gasteiger partial charge in [0.1, 0.15) is 0 Å². The third kappa shape index (κ3) is 3.67. The molecule has 0 saturated carbocycles. The highest BCUT2D eigenvalue weighted by molar-refractivity contribution is 7.92. The van der Waals surface area contributed by atoms with Crippen molar-refractivity contribution in [2.75, 3.05) is 9.62 Å². The maximum Gasteiger partial charge on any atom is 0.261 e. The van der Waals surface area contributed by atoms with E-state index in [2.05, 4.69) is 9.71 Å². The molecule has 0 radical (unpaired) electrons. The second-order valence-electron chi connectivity index (χ2n) is 4.81. The molecule has 1 aliphatic rings. The standard InChI is InChI=1S/C17H15N3O2S/c21-23(22,17-8-2-1-3-9-17)19-15-6-4-7-16(14-15)20-12-5-10-18-11-13-20/h1-14,19H. The van der Waals surface area contributed by atoms with Crippen LogP contribution in [0.1, 0.15) is 0 Å². The Kier molecular flexibility index (Phi) is 4.25. The van der Waals surface area contributed by atoms with E-state index in [1.807, 2.05) is 17.2 Å². The molecular formula is C17H15N3O2S. The summed E-state index contributed by atoms with van der Waals surface area (Å²) in [6, 6.07) is 15.4. The molecule has 2 aromatic carbocycles. The Balaban J connectivity index is 1.86. The van der Waals surface area contributed by atoms with Crippen molar-refractivity contribution >= 4 is 27.6 Å². The summed E-state index contributed by atoms with van der Waals surface area (Å²) in [6.45, 7) is 0. The van der Waals surface area contributed by atoms with Gasteiger partial charge in [-0.1, -0.05) is 24.3 Å². The van der Waals surface area contributed by atoms with Crippen LogP contribution in [0.25, 0.3) is 0 Å². The van der Waals surface area contributed by atoms with Crippen LogP contribution in [0.15, 0.2) is 89.2 Å². The van der Waals surface area contributed by atoms with E-state index >= 15 is 0 Å². The molecule has 0 atom stereocenters. The highest BCUT2D eigenvalue weighted by Gasteiger charge is 2.13. The number of nitrogens with one attached hydrogen (secondary N) is 1. The van der Waals surface area contributed by atoms with Gasteiger partial charge in [0.25, 0.3) is 10.0 Å². The maximum atomic E-state index is 12.4. The van der Waals surface area contributed by atoms with Gasteiger partial charge in [-0.3, -0.25) is 9.71 Å². The van der Waals surface area contributed by atoms with Crippen LogP contribution in [0.3, 0.4) is 0 Å². The molecule has 0 spiro atoms. The largest absolute Gasteiger partial charge is 0.322 e. The Hall–Kier alpha value is -2.86. The number of anilines is 2. The lowest BCUT2D eigenvalue weighted by Gasteiger charge is -2.16. The molecule has 0 aliphatic carbocycles. The van der Waals surface area contributed by atoms with Gasteiger partial charge in [-0.15, -0.1) is 0 Å². The second-order valence-corrected chi connectivity index (χ2v) is 6.50. The first kappa shape index (κ1) is 15.1. The minimum atomic E-state index is -3.60. The van der Waals surface area contributed by atoms with Crippen LogP contribution in [-0.2, 0) is 10.0 Å². The van der Waals surface area contributed by atoms with Gasteiger partial charge in [0.15, 0.2) is 0 Å². The van der Waals surface area contributed by atoms with E-state index in [1.165, 1.54) is 0 Å². The highest BCUT2D eigenvalue weighted by atomic mass is 32.2. The van der Waals surface area contributed by atoms with Crippen LogP contribution in [-0.4, -0.2) is 14.6 Å². The van der Waals surface area contributed by atoms with E-state index in [4.69, 9.17) is 0 Å². The van der Waals surface area contributed by atoms with Gasteiger partial charge >= 0.3 is 0 Å². The molecule has 6 heteroatoms. The number of sulfonamides is 1. The van der Waals surface area contributed by atoms with Crippen molar-refractivity contribution in [1.82, 2.24) is 0 Å². The molecule has 23 heavy (non-hydrogen) atoms. The number of benzene rings is 2. The lowest BCUT2D eigenvalue weighted by atomic mass is 10.2. The van der Waals surface area contributed by atoms with Crippen LogP contribution in [0, 0.1) is 0 Å². The second kappa shape index (κ2) is 6.50. The van der Waals surface area contributed by atoms with Crippen molar-refractivity contribution in [2.24, 2.45) is 4.99 Å². The van der Waals surface area contributed by atoms with E-state index < -0.39 is 10.0 Å². The van der Waals surface area contributed by atoms with Crippen molar-refractivity contribution in [2.45, 2.75) is 4.90 Å². The zero-order chi connectivity index (χ0) is 16.1. The molecule has 5 nitrogen and oxygen atoms in total. The number of rotatable bonds is 4. The van der Waals surface area contributed by atoms with E-state index in [-0.39, 0.29) is 4.90 Å². The van der Waals surface area contributed by atoms with E-state index in [0.717, 1.165) is 5.69 Å². The molecule has 1 heterocycles. The van der Waals surface area contributed by atoms with E-state index in [9.17, 15) is 8.42 Å². The quantitative estimate of drug-likeness (QED) is 0.937. The highest BCUT2D eigenvalue weighted by Crippen LogP contribution is 2.23. The summed E-state index contributed by atoms with van der Waals surface area (Å²) in [5.74, 6) is 0. The molecule has 2 aromatic rings. The molecule has 1 N–H and O–H groups in total. The molecule has 0 aromatic heterocycles. The predicted octanol–water partition coefficient (Wildman–Crippen LogP) is 3.36. The number of nitrogens with zero attached hydrogens (tertiary/aromatic N) is 2. The smallest absolute Gasteiger partial charge is 0.261 e. The molecular weight excluding hydrogens is 310 g/mol. The van der Waals surface area contributed by atoms with Crippen LogP contribution in [0.2, 0.25) is 0 Å². The van der Waals surface area contributed by atoms with E-state index in [1.54, 1.807) is 73.2 Å². The van der Waals surface area contributed by atoms with Crippen molar-refractivity contribution < 1.29 is 8.42 Å². The summed E-state index contributed by atoms with van der Waals surface area (Å²) < 4.78 is 27.3. The third-order valence-electron chi connectivity index (χ3n) is 3.18. The van der Waals surface area contributed by atoms with Crippen molar-refractivity contribution in [3.8, 4) is 0 Å². The average Bonchev–Trinajstić information content (AvgIpc) is 2.85. The Morgan fingerprint density at radius 1 is 0.957 bits per heavy atom.